The number of hydrogen-bond donors (Lipinski definition) is 2. The van der Waals surface area contributed by atoms with E-state index in [0.29, 0.717) is 38.5 Å². The van der Waals surface area contributed by atoms with Gasteiger partial charge in [-0.15, -0.1) is 0 Å². The Balaban J connectivity index is 1.76. The number of esters is 1. The van der Waals surface area contributed by atoms with E-state index in [9.17, 15) is 14.9 Å². The summed E-state index contributed by atoms with van der Waals surface area (Å²) in [6.07, 6.45) is 1.41. The summed E-state index contributed by atoms with van der Waals surface area (Å²) in [5.41, 5.74) is 1.41. The number of hydrogen-bond acceptors (Lipinski definition) is 7. The molecule has 0 aliphatic carbocycles. The topological polar surface area (TPSA) is 104 Å². The number of amides is 1. The van der Waals surface area contributed by atoms with Crippen LogP contribution in [0.1, 0.15) is 22.8 Å². The lowest BCUT2D eigenvalue weighted by molar-refractivity contribution is -0.117. The fraction of sp³-hybridized carbons (Fsp3) is 0.450. The molecule has 150 valence electrons. The van der Waals surface area contributed by atoms with E-state index in [4.69, 9.17) is 9.47 Å². The molecule has 28 heavy (non-hydrogen) atoms. The van der Waals surface area contributed by atoms with Crippen molar-refractivity contribution in [2.24, 2.45) is 0 Å². The van der Waals surface area contributed by atoms with Crippen molar-refractivity contribution in [1.82, 2.24) is 15.5 Å². The van der Waals surface area contributed by atoms with E-state index in [2.05, 4.69) is 15.5 Å². The maximum Gasteiger partial charge on any atom is 0.338 e. The largest absolute Gasteiger partial charge is 0.462 e. The minimum atomic E-state index is -0.402. The van der Waals surface area contributed by atoms with Crippen LogP contribution in [0.25, 0.3) is 0 Å². The Morgan fingerprint density at radius 2 is 2.00 bits per heavy atom. The van der Waals surface area contributed by atoms with Gasteiger partial charge in [-0.3, -0.25) is 9.69 Å². The van der Waals surface area contributed by atoms with Crippen molar-refractivity contribution in [1.29, 1.82) is 5.26 Å². The molecule has 8 heteroatoms. The molecule has 0 saturated carbocycles. The van der Waals surface area contributed by atoms with Gasteiger partial charge in [0.15, 0.2) is 0 Å². The number of carbonyl (C=O) groups is 2. The monoisotopic (exact) mass is 386 g/mol. The number of nitrogens with one attached hydrogen (secondary N) is 2. The molecule has 0 aromatic heterocycles. The molecule has 0 unspecified atom stereocenters. The first-order valence-electron chi connectivity index (χ1n) is 9.32. The molecule has 1 fully saturated rings. The lowest BCUT2D eigenvalue weighted by atomic mass is 10.1. The first-order chi connectivity index (χ1) is 13.6. The van der Waals surface area contributed by atoms with Gasteiger partial charge >= 0.3 is 5.97 Å². The van der Waals surface area contributed by atoms with Crippen LogP contribution in [0.5, 0.6) is 0 Å². The van der Waals surface area contributed by atoms with Crippen LogP contribution in [0.15, 0.2) is 36.0 Å². The molecule has 1 saturated heterocycles. The van der Waals surface area contributed by atoms with E-state index in [1.54, 1.807) is 31.2 Å². The summed E-state index contributed by atoms with van der Waals surface area (Å²) in [7, 11) is 0. The van der Waals surface area contributed by atoms with Gasteiger partial charge in [-0.25, -0.2) is 4.79 Å². The van der Waals surface area contributed by atoms with Gasteiger partial charge in [0.1, 0.15) is 11.6 Å². The van der Waals surface area contributed by atoms with E-state index in [1.165, 1.54) is 6.20 Å². The quantitative estimate of drug-likeness (QED) is 0.368. The Morgan fingerprint density at radius 1 is 1.29 bits per heavy atom. The molecule has 1 aromatic rings. The minimum absolute atomic E-state index is 0.0186. The summed E-state index contributed by atoms with van der Waals surface area (Å²) >= 11 is 0. The molecule has 1 aliphatic heterocycles. The van der Waals surface area contributed by atoms with E-state index in [-0.39, 0.29) is 11.5 Å². The van der Waals surface area contributed by atoms with Crippen molar-refractivity contribution in [3.8, 4) is 6.07 Å². The highest BCUT2D eigenvalue weighted by Crippen LogP contribution is 2.06. The number of ether oxygens (including phenoxy) is 2. The van der Waals surface area contributed by atoms with E-state index in [0.717, 1.165) is 25.2 Å². The number of nitrogens with zero attached hydrogens (tertiary/aromatic N) is 2. The Morgan fingerprint density at radius 3 is 2.64 bits per heavy atom. The first-order valence-corrected chi connectivity index (χ1v) is 9.32. The second-order valence-corrected chi connectivity index (χ2v) is 6.18. The molecule has 1 aliphatic rings. The van der Waals surface area contributed by atoms with Crippen LogP contribution >= 0.6 is 0 Å². The van der Waals surface area contributed by atoms with Gasteiger partial charge in [0, 0.05) is 38.9 Å². The second-order valence-electron chi connectivity index (χ2n) is 6.18. The highest BCUT2D eigenvalue weighted by Gasteiger charge is 2.12. The Bertz CT molecular complexity index is 719. The lowest BCUT2D eigenvalue weighted by Gasteiger charge is -2.26. The van der Waals surface area contributed by atoms with E-state index in [1.807, 2.05) is 6.07 Å². The molecule has 8 nitrogen and oxygen atoms in total. The van der Waals surface area contributed by atoms with Crippen LogP contribution in [0.2, 0.25) is 0 Å². The van der Waals surface area contributed by atoms with Crippen molar-refractivity contribution in [3.63, 3.8) is 0 Å². The molecule has 0 radical (unpaired) electrons. The van der Waals surface area contributed by atoms with Crippen molar-refractivity contribution >= 4 is 11.9 Å². The summed E-state index contributed by atoms with van der Waals surface area (Å²) in [4.78, 5) is 25.9. The zero-order valence-electron chi connectivity index (χ0n) is 16.1. The van der Waals surface area contributed by atoms with Crippen molar-refractivity contribution in [2.45, 2.75) is 13.5 Å². The predicted octanol–water partition coefficient (Wildman–Crippen LogP) is 0.809. The van der Waals surface area contributed by atoms with Gasteiger partial charge in [0.05, 0.1) is 25.4 Å². The third kappa shape index (κ3) is 7.02. The molecule has 0 atom stereocenters. The molecule has 1 aromatic carbocycles. The van der Waals surface area contributed by atoms with Gasteiger partial charge in [0.2, 0.25) is 0 Å². The van der Waals surface area contributed by atoms with Crippen LogP contribution < -0.4 is 10.6 Å². The minimum Gasteiger partial charge on any atom is -0.462 e. The highest BCUT2D eigenvalue weighted by atomic mass is 16.5. The zero-order chi connectivity index (χ0) is 20.2. The molecule has 1 amide bonds. The van der Waals surface area contributed by atoms with Crippen LogP contribution in [0.3, 0.4) is 0 Å². The Labute approximate surface area is 165 Å². The van der Waals surface area contributed by atoms with Gasteiger partial charge in [-0.05, 0) is 24.6 Å². The summed E-state index contributed by atoms with van der Waals surface area (Å²) in [5, 5.41) is 14.9. The van der Waals surface area contributed by atoms with Crippen molar-refractivity contribution < 1.29 is 19.1 Å². The maximum absolute atomic E-state index is 12.1. The molecule has 0 bridgehead atoms. The number of rotatable bonds is 9. The van der Waals surface area contributed by atoms with Crippen molar-refractivity contribution in [2.75, 3.05) is 46.0 Å². The molecule has 1 heterocycles. The molecule has 2 rings (SSSR count). The van der Waals surface area contributed by atoms with E-state index < -0.39 is 5.91 Å². The molecular weight excluding hydrogens is 360 g/mol. The standard InChI is InChI=1S/C20H26N4O4/c1-2-28-20(26)17-5-3-16(4-6-17)14-22-15-18(13-21)19(25)23-7-8-24-9-11-27-12-10-24/h3-6,15,22H,2,7-12,14H2,1H3,(H,23,25)/b18-15-. The average molecular weight is 386 g/mol. The van der Waals surface area contributed by atoms with Crippen LogP contribution in [-0.2, 0) is 20.8 Å². The Hall–Kier alpha value is -2.89. The Kier molecular flexibility index (Phi) is 8.98. The third-order valence-corrected chi connectivity index (χ3v) is 4.20. The number of benzene rings is 1. The van der Waals surface area contributed by atoms with Gasteiger partial charge in [-0.2, -0.15) is 5.26 Å². The predicted molar refractivity (Wildman–Crippen MR) is 103 cm³/mol. The van der Waals surface area contributed by atoms with Crippen LogP contribution in [0.4, 0.5) is 0 Å². The van der Waals surface area contributed by atoms with Gasteiger partial charge in [-0.1, -0.05) is 12.1 Å². The molecular formula is C20H26N4O4. The number of morpholine rings is 1. The van der Waals surface area contributed by atoms with Gasteiger partial charge < -0.3 is 20.1 Å². The fourth-order valence-electron chi connectivity index (χ4n) is 2.64. The fourth-order valence-corrected chi connectivity index (χ4v) is 2.64. The number of carbonyl (C=O) groups excluding carboxylic acids is 2. The number of nitriles is 1. The summed E-state index contributed by atoms with van der Waals surface area (Å²) in [6.45, 7) is 6.85. The smallest absolute Gasteiger partial charge is 0.338 e. The summed E-state index contributed by atoms with van der Waals surface area (Å²) in [5.74, 6) is -0.761. The maximum atomic E-state index is 12.1. The van der Waals surface area contributed by atoms with Gasteiger partial charge in [0.25, 0.3) is 5.91 Å². The average Bonchev–Trinajstić information content (AvgIpc) is 2.72. The van der Waals surface area contributed by atoms with Crippen molar-refractivity contribution in [3.05, 3.63) is 47.2 Å². The normalized spacial score (nSPS) is 14.8. The molecule has 2 N–H and O–H groups in total. The molecule has 0 spiro atoms. The summed E-state index contributed by atoms with van der Waals surface area (Å²) in [6, 6.07) is 8.86. The van der Waals surface area contributed by atoms with Crippen LogP contribution in [0, 0.1) is 11.3 Å². The zero-order valence-corrected chi connectivity index (χ0v) is 16.1. The summed E-state index contributed by atoms with van der Waals surface area (Å²) < 4.78 is 10.2. The van der Waals surface area contributed by atoms with E-state index >= 15 is 0 Å². The lowest BCUT2D eigenvalue weighted by Crippen LogP contribution is -2.41. The highest BCUT2D eigenvalue weighted by molar-refractivity contribution is 5.97. The van der Waals surface area contributed by atoms with Crippen LogP contribution in [-0.4, -0.2) is 62.8 Å². The second kappa shape index (κ2) is 11.7. The third-order valence-electron chi connectivity index (χ3n) is 4.20. The SMILES string of the molecule is CCOC(=O)c1ccc(CN/C=C(/C#N)C(=O)NCCN2CCOCC2)cc1. The first kappa shape index (κ1) is 21.4.